The average Bonchev–Trinajstić information content (AvgIpc) is 2.44. The molecule has 118 valence electrons. The second kappa shape index (κ2) is 10.1. The maximum atomic E-state index is 11.4. The quantitative estimate of drug-likeness (QED) is 0.633. The summed E-state index contributed by atoms with van der Waals surface area (Å²) in [5.74, 6) is 0.671. The Morgan fingerprint density at radius 3 is 2.76 bits per heavy atom. The molecule has 0 aliphatic rings. The lowest BCUT2D eigenvalue weighted by Gasteiger charge is -2.09. The molecular formula is C15H25N3O3. The molecule has 0 saturated heterocycles. The van der Waals surface area contributed by atoms with Crippen molar-refractivity contribution in [1.29, 1.82) is 0 Å². The van der Waals surface area contributed by atoms with E-state index >= 15 is 0 Å². The van der Waals surface area contributed by atoms with Gasteiger partial charge in [0.05, 0.1) is 31.5 Å². The van der Waals surface area contributed by atoms with Crippen LogP contribution in [0.3, 0.4) is 0 Å². The summed E-state index contributed by atoms with van der Waals surface area (Å²) in [4.78, 5) is 15.7. The summed E-state index contributed by atoms with van der Waals surface area (Å²) in [5, 5.41) is 6.04. The molecule has 1 heterocycles. The van der Waals surface area contributed by atoms with Gasteiger partial charge in [0.25, 0.3) is 0 Å². The van der Waals surface area contributed by atoms with E-state index in [-0.39, 0.29) is 11.9 Å². The Morgan fingerprint density at radius 2 is 2.14 bits per heavy atom. The van der Waals surface area contributed by atoms with Crippen molar-refractivity contribution in [3.63, 3.8) is 0 Å². The third-order valence-electron chi connectivity index (χ3n) is 2.63. The van der Waals surface area contributed by atoms with E-state index in [0.29, 0.717) is 31.9 Å². The van der Waals surface area contributed by atoms with Crippen molar-refractivity contribution in [2.75, 3.05) is 26.9 Å². The number of nitrogens with zero attached hydrogens (tertiary/aromatic N) is 1. The standard InChI is InChI=1S/C15H25N3O3/c1-12(2)18-15(19)6-8-21-14-5-4-13(17-11-14)10-16-7-9-20-3/h4-5,11-12,16H,6-10H2,1-3H3,(H,18,19). The van der Waals surface area contributed by atoms with Gasteiger partial charge in [0.2, 0.25) is 5.91 Å². The molecule has 0 saturated carbocycles. The van der Waals surface area contributed by atoms with Crippen LogP contribution in [0.25, 0.3) is 0 Å². The molecule has 1 amide bonds. The Bertz CT molecular complexity index is 407. The zero-order valence-corrected chi connectivity index (χ0v) is 13.0. The van der Waals surface area contributed by atoms with Gasteiger partial charge in [-0.3, -0.25) is 9.78 Å². The van der Waals surface area contributed by atoms with Gasteiger partial charge >= 0.3 is 0 Å². The summed E-state index contributed by atoms with van der Waals surface area (Å²) >= 11 is 0. The van der Waals surface area contributed by atoms with E-state index in [4.69, 9.17) is 9.47 Å². The molecular weight excluding hydrogens is 270 g/mol. The second-order valence-electron chi connectivity index (χ2n) is 4.98. The zero-order valence-electron chi connectivity index (χ0n) is 13.0. The second-order valence-corrected chi connectivity index (χ2v) is 4.98. The molecule has 0 aromatic carbocycles. The van der Waals surface area contributed by atoms with Crippen molar-refractivity contribution >= 4 is 5.91 Å². The van der Waals surface area contributed by atoms with E-state index in [9.17, 15) is 4.79 Å². The smallest absolute Gasteiger partial charge is 0.223 e. The first-order valence-corrected chi connectivity index (χ1v) is 7.18. The number of carbonyl (C=O) groups is 1. The van der Waals surface area contributed by atoms with Crippen LogP contribution >= 0.6 is 0 Å². The summed E-state index contributed by atoms with van der Waals surface area (Å²) in [7, 11) is 1.67. The van der Waals surface area contributed by atoms with Crippen molar-refractivity contribution in [1.82, 2.24) is 15.6 Å². The molecule has 0 aliphatic carbocycles. The highest BCUT2D eigenvalue weighted by Gasteiger charge is 2.03. The normalized spacial score (nSPS) is 10.7. The molecule has 1 rings (SSSR count). The lowest BCUT2D eigenvalue weighted by Crippen LogP contribution is -2.31. The van der Waals surface area contributed by atoms with Crippen LogP contribution in [0.5, 0.6) is 5.75 Å². The third-order valence-corrected chi connectivity index (χ3v) is 2.63. The average molecular weight is 295 g/mol. The molecule has 0 aliphatic heterocycles. The molecule has 0 spiro atoms. The van der Waals surface area contributed by atoms with Crippen LogP contribution in [0.1, 0.15) is 26.0 Å². The van der Waals surface area contributed by atoms with Crippen molar-refractivity contribution in [3.05, 3.63) is 24.0 Å². The van der Waals surface area contributed by atoms with Gasteiger partial charge in [-0.15, -0.1) is 0 Å². The minimum atomic E-state index is -0.00285. The van der Waals surface area contributed by atoms with Gasteiger partial charge in [0, 0.05) is 26.2 Å². The highest BCUT2D eigenvalue weighted by atomic mass is 16.5. The van der Waals surface area contributed by atoms with Crippen molar-refractivity contribution < 1.29 is 14.3 Å². The fraction of sp³-hybridized carbons (Fsp3) is 0.600. The lowest BCUT2D eigenvalue weighted by atomic mass is 10.3. The monoisotopic (exact) mass is 295 g/mol. The summed E-state index contributed by atoms with van der Waals surface area (Å²) in [6.07, 6.45) is 2.02. The Kier molecular flexibility index (Phi) is 8.38. The molecule has 0 bridgehead atoms. The molecule has 21 heavy (non-hydrogen) atoms. The molecule has 0 unspecified atom stereocenters. The number of ether oxygens (including phenoxy) is 2. The number of amides is 1. The van der Waals surface area contributed by atoms with E-state index in [1.165, 1.54) is 0 Å². The van der Waals surface area contributed by atoms with E-state index in [1.807, 2.05) is 26.0 Å². The number of nitrogens with one attached hydrogen (secondary N) is 2. The number of rotatable bonds is 10. The molecule has 6 heteroatoms. The summed E-state index contributed by atoms with van der Waals surface area (Å²) < 4.78 is 10.4. The van der Waals surface area contributed by atoms with Crippen LogP contribution in [-0.4, -0.2) is 43.8 Å². The molecule has 1 aromatic rings. The van der Waals surface area contributed by atoms with Gasteiger partial charge in [-0.25, -0.2) is 0 Å². The lowest BCUT2D eigenvalue weighted by molar-refractivity contribution is -0.122. The third kappa shape index (κ3) is 8.27. The number of aromatic nitrogens is 1. The molecule has 2 N–H and O–H groups in total. The van der Waals surface area contributed by atoms with Gasteiger partial charge < -0.3 is 20.1 Å². The zero-order chi connectivity index (χ0) is 15.5. The maximum absolute atomic E-state index is 11.4. The first-order chi connectivity index (χ1) is 10.1. The summed E-state index contributed by atoms with van der Waals surface area (Å²) in [6.45, 7) is 6.39. The Balaban J connectivity index is 2.23. The molecule has 1 aromatic heterocycles. The van der Waals surface area contributed by atoms with Gasteiger partial charge in [0.1, 0.15) is 5.75 Å². The van der Waals surface area contributed by atoms with Gasteiger partial charge in [0.15, 0.2) is 0 Å². The Labute approximate surface area is 126 Å². The molecule has 0 fully saturated rings. The minimum Gasteiger partial charge on any atom is -0.491 e. The predicted molar refractivity (Wildman–Crippen MR) is 81.2 cm³/mol. The highest BCUT2D eigenvalue weighted by molar-refractivity contribution is 5.76. The van der Waals surface area contributed by atoms with Crippen LogP contribution in [-0.2, 0) is 16.1 Å². The first-order valence-electron chi connectivity index (χ1n) is 7.18. The van der Waals surface area contributed by atoms with Crippen molar-refractivity contribution in [3.8, 4) is 5.75 Å². The summed E-state index contributed by atoms with van der Waals surface area (Å²) in [5.41, 5.74) is 0.941. The fourth-order valence-electron chi connectivity index (χ4n) is 1.65. The minimum absolute atomic E-state index is 0.00285. The van der Waals surface area contributed by atoms with Crippen molar-refractivity contribution in [2.24, 2.45) is 0 Å². The highest BCUT2D eigenvalue weighted by Crippen LogP contribution is 2.09. The van der Waals surface area contributed by atoms with E-state index < -0.39 is 0 Å². The van der Waals surface area contributed by atoms with E-state index in [2.05, 4.69) is 15.6 Å². The Hall–Kier alpha value is -1.66. The molecule has 0 radical (unpaired) electrons. The fourth-order valence-corrected chi connectivity index (χ4v) is 1.65. The number of pyridine rings is 1. The largest absolute Gasteiger partial charge is 0.491 e. The van der Waals surface area contributed by atoms with Gasteiger partial charge in [-0.05, 0) is 26.0 Å². The van der Waals surface area contributed by atoms with Crippen LogP contribution in [0, 0.1) is 0 Å². The van der Waals surface area contributed by atoms with Gasteiger partial charge in [-0.1, -0.05) is 0 Å². The van der Waals surface area contributed by atoms with Crippen LogP contribution < -0.4 is 15.4 Å². The van der Waals surface area contributed by atoms with Crippen molar-refractivity contribution in [2.45, 2.75) is 32.9 Å². The maximum Gasteiger partial charge on any atom is 0.223 e. The SMILES string of the molecule is COCCNCc1ccc(OCCC(=O)NC(C)C)cn1. The number of methoxy groups -OCH3 is 1. The Morgan fingerprint density at radius 1 is 1.33 bits per heavy atom. The molecule has 0 atom stereocenters. The summed E-state index contributed by atoms with van der Waals surface area (Å²) in [6, 6.07) is 3.92. The van der Waals surface area contributed by atoms with Gasteiger partial charge in [-0.2, -0.15) is 0 Å². The number of hydrogen-bond donors (Lipinski definition) is 2. The molecule has 6 nitrogen and oxygen atoms in total. The van der Waals surface area contributed by atoms with Crippen LogP contribution in [0.4, 0.5) is 0 Å². The van der Waals surface area contributed by atoms with E-state index in [1.54, 1.807) is 13.3 Å². The topological polar surface area (TPSA) is 72.5 Å². The predicted octanol–water partition coefficient (Wildman–Crippen LogP) is 1.11. The van der Waals surface area contributed by atoms with Crippen LogP contribution in [0.2, 0.25) is 0 Å². The number of hydrogen-bond acceptors (Lipinski definition) is 5. The number of carbonyl (C=O) groups excluding carboxylic acids is 1. The first kappa shape index (κ1) is 17.4. The van der Waals surface area contributed by atoms with Crippen LogP contribution in [0.15, 0.2) is 18.3 Å². The van der Waals surface area contributed by atoms with E-state index in [0.717, 1.165) is 12.2 Å².